The fourth-order valence-electron chi connectivity index (χ4n) is 3.32. The standard InChI is InChI=1S/C21H32N6S.HI/c1-4-18-6-7-19(28-18)16-25-21(22-3)24-15-17-8-9-23-20(14-17)27-12-10-26(5-2)11-13-27;/h6-9,14H,4-5,10-13,15-16H2,1-3H3,(H2,22,24,25);1H. The highest BCUT2D eigenvalue weighted by Gasteiger charge is 2.16. The molecule has 0 spiro atoms. The number of likely N-dealkylation sites (N-methyl/N-ethyl adjacent to an activating group) is 1. The number of halogens is 1. The van der Waals surface area contributed by atoms with E-state index in [2.05, 4.69) is 68.5 Å². The maximum Gasteiger partial charge on any atom is 0.191 e. The van der Waals surface area contributed by atoms with Crippen LogP contribution in [0.3, 0.4) is 0 Å². The Morgan fingerprint density at radius 3 is 2.45 bits per heavy atom. The van der Waals surface area contributed by atoms with Gasteiger partial charge in [0.15, 0.2) is 5.96 Å². The minimum Gasteiger partial charge on any atom is -0.354 e. The van der Waals surface area contributed by atoms with Gasteiger partial charge in [0.1, 0.15) is 5.82 Å². The maximum atomic E-state index is 4.58. The molecule has 29 heavy (non-hydrogen) atoms. The van der Waals surface area contributed by atoms with Crippen molar-refractivity contribution in [1.82, 2.24) is 20.5 Å². The molecule has 1 fully saturated rings. The molecule has 2 aromatic heterocycles. The molecule has 0 bridgehead atoms. The molecule has 0 amide bonds. The van der Waals surface area contributed by atoms with Crippen molar-refractivity contribution >= 4 is 47.1 Å². The summed E-state index contributed by atoms with van der Waals surface area (Å²) >= 11 is 1.86. The zero-order valence-electron chi connectivity index (χ0n) is 17.6. The van der Waals surface area contributed by atoms with Gasteiger partial charge in [-0.3, -0.25) is 4.99 Å². The van der Waals surface area contributed by atoms with E-state index < -0.39 is 0 Å². The number of aryl methyl sites for hydroxylation is 1. The first-order valence-electron chi connectivity index (χ1n) is 10.2. The Bertz CT molecular complexity index is 770. The summed E-state index contributed by atoms with van der Waals surface area (Å²) in [6.45, 7) is 11.4. The Balaban J connectivity index is 0.00000300. The number of nitrogens with one attached hydrogen (secondary N) is 2. The molecule has 0 atom stereocenters. The lowest BCUT2D eigenvalue weighted by molar-refractivity contribution is 0.270. The number of rotatable bonds is 7. The normalized spacial score (nSPS) is 15.1. The first kappa shape index (κ1) is 23.9. The lowest BCUT2D eigenvalue weighted by atomic mass is 10.2. The SMILES string of the molecule is CCc1ccc(CNC(=NC)NCc2ccnc(N3CCN(CC)CC3)c2)s1.I. The van der Waals surface area contributed by atoms with Crippen LogP contribution in [0.4, 0.5) is 5.82 Å². The third-order valence-electron chi connectivity index (χ3n) is 5.13. The van der Waals surface area contributed by atoms with Gasteiger partial charge in [-0.05, 0) is 42.8 Å². The molecule has 6 nitrogen and oxygen atoms in total. The van der Waals surface area contributed by atoms with E-state index in [1.165, 1.54) is 15.3 Å². The van der Waals surface area contributed by atoms with Gasteiger partial charge in [-0.15, -0.1) is 35.3 Å². The number of hydrogen-bond acceptors (Lipinski definition) is 5. The van der Waals surface area contributed by atoms with Gasteiger partial charge in [0.2, 0.25) is 0 Å². The van der Waals surface area contributed by atoms with E-state index in [1.54, 1.807) is 0 Å². The Morgan fingerprint density at radius 2 is 1.79 bits per heavy atom. The number of guanidine groups is 1. The lowest BCUT2D eigenvalue weighted by Crippen LogP contribution is -2.46. The topological polar surface area (TPSA) is 55.8 Å². The summed E-state index contributed by atoms with van der Waals surface area (Å²) in [6, 6.07) is 8.65. The predicted molar refractivity (Wildman–Crippen MR) is 135 cm³/mol. The Morgan fingerprint density at radius 1 is 1.07 bits per heavy atom. The molecule has 2 aromatic rings. The summed E-state index contributed by atoms with van der Waals surface area (Å²) in [4.78, 5) is 16.5. The van der Waals surface area contributed by atoms with Crippen LogP contribution >= 0.6 is 35.3 Å². The predicted octanol–water partition coefficient (Wildman–Crippen LogP) is 3.33. The molecule has 3 rings (SSSR count). The maximum absolute atomic E-state index is 4.58. The molecule has 0 saturated carbocycles. The smallest absolute Gasteiger partial charge is 0.191 e. The second-order valence-electron chi connectivity index (χ2n) is 6.94. The van der Waals surface area contributed by atoms with Crippen molar-refractivity contribution in [3.63, 3.8) is 0 Å². The number of pyridine rings is 1. The van der Waals surface area contributed by atoms with Crippen LogP contribution in [-0.4, -0.2) is 55.6 Å². The summed E-state index contributed by atoms with van der Waals surface area (Å²) in [5, 5.41) is 6.81. The van der Waals surface area contributed by atoms with Crippen LogP contribution in [-0.2, 0) is 19.5 Å². The zero-order valence-corrected chi connectivity index (χ0v) is 20.8. The van der Waals surface area contributed by atoms with Gasteiger partial charge in [-0.25, -0.2) is 4.98 Å². The molecule has 8 heteroatoms. The van der Waals surface area contributed by atoms with E-state index in [4.69, 9.17) is 0 Å². The van der Waals surface area contributed by atoms with E-state index in [-0.39, 0.29) is 24.0 Å². The van der Waals surface area contributed by atoms with Crippen LogP contribution < -0.4 is 15.5 Å². The third kappa shape index (κ3) is 7.11. The fourth-order valence-corrected chi connectivity index (χ4v) is 4.22. The lowest BCUT2D eigenvalue weighted by Gasteiger charge is -2.34. The van der Waals surface area contributed by atoms with Crippen LogP contribution in [0.25, 0.3) is 0 Å². The van der Waals surface area contributed by atoms with Crippen molar-refractivity contribution in [1.29, 1.82) is 0 Å². The van der Waals surface area contributed by atoms with Gasteiger partial charge in [0.25, 0.3) is 0 Å². The van der Waals surface area contributed by atoms with Crippen LogP contribution in [0.2, 0.25) is 0 Å². The van der Waals surface area contributed by atoms with E-state index in [9.17, 15) is 0 Å². The number of aliphatic imine (C=N–C) groups is 1. The van der Waals surface area contributed by atoms with E-state index in [0.29, 0.717) is 0 Å². The van der Waals surface area contributed by atoms with Crippen molar-refractivity contribution in [2.45, 2.75) is 33.4 Å². The average Bonchev–Trinajstić information content (AvgIpc) is 3.22. The first-order valence-corrected chi connectivity index (χ1v) is 11.0. The molecular formula is C21H33IN6S. The summed E-state index contributed by atoms with van der Waals surface area (Å²) in [5.41, 5.74) is 1.22. The first-order chi connectivity index (χ1) is 13.7. The summed E-state index contributed by atoms with van der Waals surface area (Å²) < 4.78 is 0. The number of anilines is 1. The summed E-state index contributed by atoms with van der Waals surface area (Å²) in [7, 11) is 1.81. The average molecular weight is 529 g/mol. The van der Waals surface area contributed by atoms with Gasteiger partial charge in [0, 0.05) is 55.7 Å². The van der Waals surface area contributed by atoms with Gasteiger partial charge in [-0.1, -0.05) is 13.8 Å². The minimum atomic E-state index is 0. The molecule has 160 valence electrons. The fraction of sp³-hybridized carbons (Fsp3) is 0.524. The van der Waals surface area contributed by atoms with E-state index in [0.717, 1.165) is 64.0 Å². The molecule has 0 radical (unpaired) electrons. The van der Waals surface area contributed by atoms with Crippen molar-refractivity contribution in [2.24, 2.45) is 4.99 Å². The van der Waals surface area contributed by atoms with Crippen molar-refractivity contribution < 1.29 is 0 Å². The van der Waals surface area contributed by atoms with Crippen molar-refractivity contribution in [3.8, 4) is 0 Å². The summed E-state index contributed by atoms with van der Waals surface area (Å²) in [6.07, 6.45) is 3.00. The molecular weight excluding hydrogens is 495 g/mol. The molecule has 2 N–H and O–H groups in total. The van der Waals surface area contributed by atoms with Crippen LogP contribution in [0.5, 0.6) is 0 Å². The van der Waals surface area contributed by atoms with E-state index >= 15 is 0 Å². The number of piperazine rings is 1. The molecule has 1 saturated heterocycles. The number of hydrogen-bond donors (Lipinski definition) is 2. The van der Waals surface area contributed by atoms with Gasteiger partial charge in [-0.2, -0.15) is 0 Å². The largest absolute Gasteiger partial charge is 0.354 e. The van der Waals surface area contributed by atoms with Gasteiger partial charge >= 0.3 is 0 Å². The number of thiophene rings is 1. The molecule has 3 heterocycles. The minimum absolute atomic E-state index is 0. The Kier molecular flexibility index (Phi) is 10.2. The van der Waals surface area contributed by atoms with Crippen molar-refractivity contribution in [2.75, 3.05) is 44.7 Å². The molecule has 1 aliphatic heterocycles. The molecule has 1 aliphatic rings. The monoisotopic (exact) mass is 528 g/mol. The van der Waals surface area contributed by atoms with Crippen LogP contribution in [0.1, 0.15) is 29.2 Å². The molecule has 0 aliphatic carbocycles. The number of aromatic nitrogens is 1. The van der Waals surface area contributed by atoms with E-state index in [1.807, 2.05) is 24.6 Å². The van der Waals surface area contributed by atoms with Crippen LogP contribution in [0, 0.1) is 0 Å². The Hall–Kier alpha value is -1.39. The summed E-state index contributed by atoms with van der Waals surface area (Å²) in [5.74, 6) is 1.89. The third-order valence-corrected chi connectivity index (χ3v) is 6.36. The zero-order chi connectivity index (χ0) is 19.8. The van der Waals surface area contributed by atoms with Crippen LogP contribution in [0.15, 0.2) is 35.5 Å². The highest BCUT2D eigenvalue weighted by molar-refractivity contribution is 14.0. The second-order valence-corrected chi connectivity index (χ2v) is 8.20. The molecule has 0 unspecified atom stereocenters. The highest BCUT2D eigenvalue weighted by Crippen LogP contribution is 2.17. The van der Waals surface area contributed by atoms with Crippen molar-refractivity contribution in [3.05, 3.63) is 45.8 Å². The van der Waals surface area contributed by atoms with Gasteiger partial charge < -0.3 is 20.4 Å². The Labute approximate surface area is 195 Å². The van der Waals surface area contributed by atoms with Gasteiger partial charge in [0.05, 0.1) is 6.54 Å². The number of nitrogens with zero attached hydrogens (tertiary/aromatic N) is 4. The highest BCUT2D eigenvalue weighted by atomic mass is 127. The molecule has 0 aromatic carbocycles. The quantitative estimate of drug-likeness (QED) is 0.328. The second kappa shape index (κ2) is 12.3.